The van der Waals surface area contributed by atoms with Gasteiger partial charge in [-0.3, -0.25) is 0 Å². The van der Waals surface area contributed by atoms with E-state index in [2.05, 4.69) is 0 Å². The summed E-state index contributed by atoms with van der Waals surface area (Å²) in [6.45, 7) is 0. The van der Waals surface area contributed by atoms with Gasteiger partial charge in [-0.25, -0.2) is 0 Å². The van der Waals surface area contributed by atoms with Crippen molar-refractivity contribution >= 4 is 3.95 Å². The van der Waals surface area contributed by atoms with Gasteiger partial charge in [0.05, 0.1) is 0 Å². The molecule has 0 N–H and O–H groups in total. The van der Waals surface area contributed by atoms with Gasteiger partial charge in [-0.1, -0.05) is 0 Å². The Morgan fingerprint density at radius 2 is 1.78 bits per heavy atom. The minimum absolute atomic E-state index is 0.461. The molecule has 0 fully saturated rings. The van der Waals surface area contributed by atoms with E-state index in [4.69, 9.17) is 0 Å². The summed E-state index contributed by atoms with van der Waals surface area (Å²) in [6, 6.07) is 8.44. The third kappa shape index (κ3) is 1.81. The van der Waals surface area contributed by atoms with Crippen LogP contribution in [0.5, 0.6) is 0 Å². The van der Waals surface area contributed by atoms with Crippen molar-refractivity contribution in [1.29, 1.82) is 0 Å². The Labute approximate surface area is 59.5 Å². The third-order valence-electron chi connectivity index (χ3n) is 0.862. The fraction of sp³-hybridized carbons (Fsp3) is 0. The normalized spacial score (nSPS) is 11.0. The van der Waals surface area contributed by atoms with Crippen molar-refractivity contribution in [3.8, 4) is 0 Å². The van der Waals surface area contributed by atoms with E-state index in [1.54, 1.807) is 30.3 Å². The van der Waals surface area contributed by atoms with E-state index in [0.717, 1.165) is 0 Å². The molecule has 0 aliphatic heterocycles. The van der Waals surface area contributed by atoms with Crippen LogP contribution in [0.4, 0.5) is 0 Å². The molecule has 1 aromatic carbocycles. The summed E-state index contributed by atoms with van der Waals surface area (Å²) in [6.07, 6.45) is 0. The average molecular weight is 304 g/mol. The predicted octanol–water partition coefficient (Wildman–Crippen LogP) is -0.449. The molecule has 0 saturated heterocycles. The fourth-order valence-corrected chi connectivity index (χ4v) is 1.54. The zero-order valence-electron chi connectivity index (χ0n) is 4.52. The van der Waals surface area contributed by atoms with E-state index in [-0.39, 0.29) is 0 Å². The molecule has 0 saturated carbocycles. The van der Waals surface area contributed by atoms with Gasteiger partial charge in [0.25, 0.3) is 0 Å². The van der Waals surface area contributed by atoms with Gasteiger partial charge in [-0.15, -0.1) is 0 Å². The maximum atomic E-state index is 10.3. The van der Waals surface area contributed by atoms with E-state index >= 15 is 0 Å². The summed E-state index contributed by atoms with van der Waals surface area (Å²) in [5.41, 5.74) is 0. The van der Waals surface area contributed by atoms with Crippen LogP contribution in [0.1, 0.15) is 0 Å². The first-order chi connectivity index (χ1) is 4.30. The van der Waals surface area contributed by atoms with Crippen LogP contribution >= 0.6 is 0 Å². The minimum atomic E-state index is -3.19. The molecule has 9 heavy (non-hydrogen) atoms. The molecular formula is C6H5O2Pt-. The summed E-state index contributed by atoms with van der Waals surface area (Å²) in [4.78, 5) is 0. The summed E-state index contributed by atoms with van der Waals surface area (Å²) < 4.78 is 21.1. The first-order valence-corrected chi connectivity index (χ1v) is 5.32. The Hall–Kier alpha value is -0.332. The Kier molecular flexibility index (Phi) is 2.26. The predicted molar refractivity (Wildman–Crippen MR) is 26.8 cm³/mol. The van der Waals surface area contributed by atoms with Crippen molar-refractivity contribution in [1.82, 2.24) is 0 Å². The van der Waals surface area contributed by atoms with Crippen LogP contribution in [0.25, 0.3) is 0 Å². The number of hydrogen-bond acceptors (Lipinski definition) is 2. The molecule has 52 valence electrons. The van der Waals surface area contributed by atoms with Gasteiger partial charge in [0.1, 0.15) is 0 Å². The molecule has 0 aliphatic rings. The van der Waals surface area contributed by atoms with Crippen LogP contribution in [0, 0.1) is 0 Å². The first-order valence-electron chi connectivity index (χ1n) is 2.33. The monoisotopic (exact) mass is 304 g/mol. The molecule has 0 radical (unpaired) electrons. The summed E-state index contributed by atoms with van der Waals surface area (Å²) in [7, 11) is 0. The molecule has 0 aromatic heterocycles. The Morgan fingerprint density at radius 3 is 2.11 bits per heavy atom. The zero-order chi connectivity index (χ0) is 6.69. The Morgan fingerprint density at radius 1 is 1.22 bits per heavy atom. The maximum absolute atomic E-state index is 10.3. The van der Waals surface area contributed by atoms with E-state index in [1.165, 1.54) is 0 Å². The molecule has 0 spiro atoms. The molecule has 0 bridgehead atoms. The van der Waals surface area contributed by atoms with Crippen LogP contribution in [-0.2, 0) is 21.1 Å². The van der Waals surface area contributed by atoms with Crippen LogP contribution in [0.3, 0.4) is 0 Å². The second kappa shape index (κ2) is 3.00. The number of benzene rings is 1. The van der Waals surface area contributed by atoms with Gasteiger partial charge in [-0.2, -0.15) is 0 Å². The topological polar surface area (TPSA) is 40.1 Å². The number of hydrogen-bond donors (Lipinski definition) is 0. The van der Waals surface area contributed by atoms with Crippen LogP contribution in [0.15, 0.2) is 30.3 Å². The van der Waals surface area contributed by atoms with Gasteiger partial charge in [0.2, 0.25) is 0 Å². The number of rotatable bonds is 1. The van der Waals surface area contributed by atoms with Crippen molar-refractivity contribution < 1.29 is 24.8 Å². The average Bonchev–Trinajstić information content (AvgIpc) is 1.90. The molecule has 0 aliphatic carbocycles. The van der Waals surface area contributed by atoms with Crippen LogP contribution < -0.4 is 7.71 Å². The molecule has 0 amide bonds. The molecule has 3 heteroatoms. The third-order valence-corrected chi connectivity index (χ3v) is 2.69. The molecule has 2 nitrogen and oxygen atoms in total. The standard InChI is InChI=1S/C6H5.2O.Pt/c1-2-4-6-5-3-1;;;/h1-5H;;;/q;;-1;. The summed E-state index contributed by atoms with van der Waals surface area (Å²) in [5.74, 6) is 0. The van der Waals surface area contributed by atoms with Gasteiger partial charge in [0.15, 0.2) is 0 Å². The fourth-order valence-electron chi connectivity index (χ4n) is 0.489. The molecule has 0 heterocycles. The van der Waals surface area contributed by atoms with Crippen LogP contribution in [0.2, 0.25) is 0 Å². The molecule has 0 atom stereocenters. The van der Waals surface area contributed by atoms with E-state index < -0.39 is 17.7 Å². The van der Waals surface area contributed by atoms with Gasteiger partial charge < -0.3 is 0 Å². The van der Waals surface area contributed by atoms with Gasteiger partial charge in [-0.05, 0) is 0 Å². The van der Waals surface area contributed by atoms with Crippen molar-refractivity contribution in [3.05, 3.63) is 30.3 Å². The molecular weight excluding hydrogens is 299 g/mol. The van der Waals surface area contributed by atoms with Crippen molar-refractivity contribution in [2.45, 2.75) is 0 Å². The van der Waals surface area contributed by atoms with Crippen molar-refractivity contribution in [2.24, 2.45) is 0 Å². The van der Waals surface area contributed by atoms with E-state index in [0.29, 0.717) is 3.95 Å². The zero-order valence-corrected chi connectivity index (χ0v) is 6.79. The molecule has 1 aromatic rings. The molecule has 0 unspecified atom stereocenters. The Balaban J connectivity index is 2.98. The van der Waals surface area contributed by atoms with E-state index in [9.17, 15) is 7.16 Å². The Bertz CT molecular complexity index is 208. The second-order valence-electron chi connectivity index (χ2n) is 1.44. The SMILES string of the molecule is [O]=[Pt]([O-])[c]1ccccc1. The van der Waals surface area contributed by atoms with Gasteiger partial charge >= 0.3 is 59.1 Å². The molecule has 1 rings (SSSR count). The quantitative estimate of drug-likeness (QED) is 0.705. The second-order valence-corrected chi connectivity index (χ2v) is 4.06. The van der Waals surface area contributed by atoms with Gasteiger partial charge in [0, 0.05) is 0 Å². The van der Waals surface area contributed by atoms with Crippen LogP contribution in [-0.4, -0.2) is 0 Å². The first kappa shape index (κ1) is 6.78. The summed E-state index contributed by atoms with van der Waals surface area (Å²) in [5, 5.41) is 0. The summed E-state index contributed by atoms with van der Waals surface area (Å²) >= 11 is -3.19. The van der Waals surface area contributed by atoms with E-state index in [1.807, 2.05) is 0 Å². The van der Waals surface area contributed by atoms with Crippen molar-refractivity contribution in [3.63, 3.8) is 0 Å². The van der Waals surface area contributed by atoms with Crippen molar-refractivity contribution in [2.75, 3.05) is 0 Å².